The Bertz CT molecular complexity index is 718. The van der Waals surface area contributed by atoms with Crippen molar-refractivity contribution in [1.82, 2.24) is 15.0 Å². The lowest BCUT2D eigenvalue weighted by molar-refractivity contribution is -0.0516. The van der Waals surface area contributed by atoms with E-state index in [2.05, 4.69) is 15.0 Å². The Morgan fingerprint density at radius 2 is 2.20 bits per heavy atom. The zero-order valence-electron chi connectivity index (χ0n) is 14.2. The van der Waals surface area contributed by atoms with Gasteiger partial charge in [-0.2, -0.15) is 0 Å². The van der Waals surface area contributed by atoms with Gasteiger partial charge in [-0.05, 0) is 25.7 Å². The second-order valence-electron chi connectivity index (χ2n) is 6.66. The summed E-state index contributed by atoms with van der Waals surface area (Å²) in [5, 5.41) is 3.11. The molecule has 8 heteroatoms. The van der Waals surface area contributed by atoms with Crippen molar-refractivity contribution < 1.29 is 13.9 Å². The largest absolute Gasteiger partial charge is 0.375 e. The molecule has 0 saturated carbocycles. The quantitative estimate of drug-likeness (QED) is 0.735. The lowest BCUT2D eigenvalue weighted by atomic mass is 9.79. The summed E-state index contributed by atoms with van der Waals surface area (Å²) >= 11 is 1.65. The standard InChI is InChI=1S/C17H21FN4O2S/c1-12-21-15(9-25-12)8-23-4-2-13-3-5-24-17(13)10-22(11-17)16-19-6-14(18)7-20-16/h6-7,9,13H,2-5,8,10-11H2,1H3/t13-/m1/s1. The molecule has 0 unspecified atom stereocenters. The molecule has 0 bridgehead atoms. The van der Waals surface area contributed by atoms with Crippen LogP contribution in [0.5, 0.6) is 0 Å². The number of thiazole rings is 1. The number of halogens is 1. The van der Waals surface area contributed by atoms with E-state index in [1.165, 1.54) is 12.4 Å². The topological polar surface area (TPSA) is 60.4 Å². The van der Waals surface area contributed by atoms with Crippen molar-refractivity contribution in [1.29, 1.82) is 0 Å². The van der Waals surface area contributed by atoms with Gasteiger partial charge in [0, 0.05) is 18.6 Å². The minimum atomic E-state index is -0.415. The average molecular weight is 364 g/mol. The molecule has 1 spiro atoms. The Morgan fingerprint density at radius 1 is 1.40 bits per heavy atom. The molecule has 6 nitrogen and oxygen atoms in total. The van der Waals surface area contributed by atoms with E-state index < -0.39 is 5.82 Å². The fraction of sp³-hybridized carbons (Fsp3) is 0.588. The summed E-state index contributed by atoms with van der Waals surface area (Å²) in [6, 6.07) is 0. The van der Waals surface area contributed by atoms with E-state index in [4.69, 9.17) is 9.47 Å². The van der Waals surface area contributed by atoms with Crippen LogP contribution in [0, 0.1) is 18.7 Å². The molecule has 0 amide bonds. The first-order valence-corrected chi connectivity index (χ1v) is 9.38. The number of hydrogen-bond acceptors (Lipinski definition) is 7. The smallest absolute Gasteiger partial charge is 0.225 e. The zero-order valence-corrected chi connectivity index (χ0v) is 15.0. The van der Waals surface area contributed by atoms with E-state index in [0.717, 1.165) is 43.2 Å². The van der Waals surface area contributed by atoms with Crippen molar-refractivity contribution in [3.63, 3.8) is 0 Å². The number of hydrogen-bond donors (Lipinski definition) is 0. The van der Waals surface area contributed by atoms with E-state index in [0.29, 0.717) is 25.1 Å². The molecule has 0 N–H and O–H groups in total. The van der Waals surface area contributed by atoms with Crippen LogP contribution in [0.4, 0.5) is 10.3 Å². The second kappa shape index (κ2) is 6.93. The summed E-state index contributed by atoms with van der Waals surface area (Å²) in [5.74, 6) is 0.624. The van der Waals surface area contributed by atoms with Gasteiger partial charge in [0.15, 0.2) is 5.82 Å². The predicted molar refractivity (Wildman–Crippen MR) is 92.1 cm³/mol. The van der Waals surface area contributed by atoms with Crippen LogP contribution in [0.15, 0.2) is 17.8 Å². The number of aromatic nitrogens is 3. The van der Waals surface area contributed by atoms with Gasteiger partial charge in [0.2, 0.25) is 5.95 Å². The summed E-state index contributed by atoms with van der Waals surface area (Å²) in [6.07, 6.45) is 4.43. The number of nitrogens with zero attached hydrogens (tertiary/aromatic N) is 4. The molecular formula is C17H21FN4O2S. The van der Waals surface area contributed by atoms with Gasteiger partial charge >= 0.3 is 0 Å². The number of anilines is 1. The third-order valence-corrected chi connectivity index (χ3v) is 5.76. The van der Waals surface area contributed by atoms with Gasteiger partial charge in [-0.25, -0.2) is 19.3 Å². The van der Waals surface area contributed by atoms with Crippen LogP contribution in [0.3, 0.4) is 0 Å². The van der Waals surface area contributed by atoms with Gasteiger partial charge < -0.3 is 14.4 Å². The van der Waals surface area contributed by atoms with E-state index in [9.17, 15) is 4.39 Å². The molecule has 0 radical (unpaired) electrons. The van der Waals surface area contributed by atoms with Crippen LogP contribution in [0.1, 0.15) is 23.5 Å². The molecule has 2 aliphatic heterocycles. The highest BCUT2D eigenvalue weighted by molar-refractivity contribution is 7.09. The third kappa shape index (κ3) is 3.51. The highest BCUT2D eigenvalue weighted by Crippen LogP contribution is 2.42. The van der Waals surface area contributed by atoms with Crippen LogP contribution in [-0.2, 0) is 16.1 Å². The first-order chi connectivity index (χ1) is 12.1. The summed E-state index contributed by atoms with van der Waals surface area (Å²) in [7, 11) is 0. The Labute approximate surface area is 150 Å². The molecule has 4 rings (SSSR count). The van der Waals surface area contributed by atoms with Crippen molar-refractivity contribution in [2.24, 2.45) is 5.92 Å². The van der Waals surface area contributed by atoms with Crippen LogP contribution in [0.2, 0.25) is 0 Å². The molecule has 2 saturated heterocycles. The molecule has 2 aliphatic rings. The lowest BCUT2D eigenvalue weighted by Gasteiger charge is -2.50. The van der Waals surface area contributed by atoms with Crippen LogP contribution >= 0.6 is 11.3 Å². The Hall–Kier alpha value is -1.64. The van der Waals surface area contributed by atoms with Crippen molar-refractivity contribution >= 4 is 17.3 Å². The molecule has 2 aromatic rings. The lowest BCUT2D eigenvalue weighted by Crippen LogP contribution is -2.65. The van der Waals surface area contributed by atoms with Crippen LogP contribution in [0.25, 0.3) is 0 Å². The SMILES string of the molecule is Cc1nc(COCC[C@@H]2CCOC23CN(c2ncc(F)cn2)C3)cs1. The molecule has 2 fully saturated rings. The summed E-state index contributed by atoms with van der Waals surface area (Å²) in [4.78, 5) is 14.5. The monoisotopic (exact) mass is 364 g/mol. The second-order valence-corrected chi connectivity index (χ2v) is 7.72. The van der Waals surface area contributed by atoms with Crippen LogP contribution in [-0.4, -0.2) is 46.9 Å². The van der Waals surface area contributed by atoms with Gasteiger partial charge in [0.1, 0.15) is 5.60 Å². The van der Waals surface area contributed by atoms with E-state index >= 15 is 0 Å². The number of aryl methyl sites for hydroxylation is 1. The van der Waals surface area contributed by atoms with E-state index in [-0.39, 0.29) is 5.60 Å². The Kier molecular flexibility index (Phi) is 4.66. The van der Waals surface area contributed by atoms with Crippen molar-refractivity contribution in [3.8, 4) is 0 Å². The first-order valence-electron chi connectivity index (χ1n) is 8.50. The normalized spacial score (nSPS) is 21.7. The van der Waals surface area contributed by atoms with Crippen molar-refractivity contribution in [3.05, 3.63) is 34.3 Å². The van der Waals surface area contributed by atoms with Gasteiger partial charge in [0.25, 0.3) is 0 Å². The molecule has 1 atom stereocenters. The highest BCUT2D eigenvalue weighted by atomic mass is 32.1. The maximum absolute atomic E-state index is 12.9. The average Bonchev–Trinajstić information content (AvgIpc) is 3.17. The summed E-state index contributed by atoms with van der Waals surface area (Å²) in [5.41, 5.74) is 0.876. The Morgan fingerprint density at radius 3 is 2.92 bits per heavy atom. The van der Waals surface area contributed by atoms with Crippen LogP contribution < -0.4 is 4.90 Å². The minimum Gasteiger partial charge on any atom is -0.375 e. The zero-order chi connectivity index (χ0) is 17.3. The molecule has 2 aromatic heterocycles. The molecule has 134 valence electrons. The fourth-order valence-electron chi connectivity index (χ4n) is 3.63. The van der Waals surface area contributed by atoms with E-state index in [1.807, 2.05) is 17.2 Å². The number of rotatable bonds is 6. The van der Waals surface area contributed by atoms with Crippen molar-refractivity contribution in [2.45, 2.75) is 32.0 Å². The first kappa shape index (κ1) is 16.8. The molecule has 0 aliphatic carbocycles. The molecule has 4 heterocycles. The molecule has 25 heavy (non-hydrogen) atoms. The van der Waals surface area contributed by atoms with Gasteiger partial charge in [-0.3, -0.25) is 0 Å². The maximum atomic E-state index is 12.9. The highest BCUT2D eigenvalue weighted by Gasteiger charge is 2.53. The third-order valence-electron chi connectivity index (χ3n) is 4.93. The van der Waals surface area contributed by atoms with Crippen molar-refractivity contribution in [2.75, 3.05) is 31.2 Å². The maximum Gasteiger partial charge on any atom is 0.225 e. The molecular weight excluding hydrogens is 343 g/mol. The summed E-state index contributed by atoms with van der Waals surface area (Å²) < 4.78 is 24.8. The van der Waals surface area contributed by atoms with Gasteiger partial charge in [-0.15, -0.1) is 11.3 Å². The molecule has 0 aromatic carbocycles. The number of ether oxygens (including phenoxy) is 2. The fourth-order valence-corrected chi connectivity index (χ4v) is 4.23. The van der Waals surface area contributed by atoms with Gasteiger partial charge in [0.05, 0.1) is 42.8 Å². The predicted octanol–water partition coefficient (Wildman–Crippen LogP) is 2.58. The summed E-state index contributed by atoms with van der Waals surface area (Å²) in [6.45, 7) is 5.58. The van der Waals surface area contributed by atoms with E-state index in [1.54, 1.807) is 11.3 Å². The van der Waals surface area contributed by atoms with Gasteiger partial charge in [-0.1, -0.05) is 0 Å². The Balaban J connectivity index is 1.26. The minimum absolute atomic E-state index is 0.127.